The fraction of sp³-hybridized carbons (Fsp3) is 0.0714. The highest BCUT2D eigenvalue weighted by Crippen LogP contribution is 2.32. The zero-order valence-electron chi connectivity index (χ0n) is 10.2. The van der Waals surface area contributed by atoms with E-state index in [2.05, 4.69) is 4.74 Å². The zero-order chi connectivity index (χ0) is 15.6. The molecule has 0 saturated carbocycles. The molecular weight excluding hydrogens is 293 g/mol. The van der Waals surface area contributed by atoms with Crippen LogP contribution in [0.25, 0.3) is 11.1 Å². The second-order valence-electron chi connectivity index (χ2n) is 3.99. The van der Waals surface area contributed by atoms with Gasteiger partial charge in [0.2, 0.25) is 0 Å². The maximum atomic E-state index is 13.7. The molecule has 2 aromatic carbocycles. The van der Waals surface area contributed by atoms with E-state index in [-0.39, 0.29) is 16.7 Å². The number of nitriles is 1. The highest BCUT2D eigenvalue weighted by Gasteiger charge is 2.31. The van der Waals surface area contributed by atoms with Gasteiger partial charge in [-0.3, -0.25) is 0 Å². The van der Waals surface area contributed by atoms with Crippen LogP contribution in [0.15, 0.2) is 36.4 Å². The summed E-state index contributed by atoms with van der Waals surface area (Å²) < 4.78 is 66.8. The molecular formula is C14H6F5NO. The summed E-state index contributed by atoms with van der Waals surface area (Å²) in [4.78, 5) is 0. The summed E-state index contributed by atoms with van der Waals surface area (Å²) in [6, 6.07) is 7.17. The molecule has 0 fully saturated rings. The Morgan fingerprint density at radius 2 is 1.67 bits per heavy atom. The number of nitrogens with zero attached hydrogens (tertiary/aromatic N) is 1. The van der Waals surface area contributed by atoms with Crippen molar-refractivity contribution in [2.45, 2.75) is 6.36 Å². The van der Waals surface area contributed by atoms with Crippen LogP contribution in [-0.2, 0) is 0 Å². The molecule has 0 aliphatic rings. The van der Waals surface area contributed by atoms with Crippen LogP contribution in [0.2, 0.25) is 0 Å². The first-order chi connectivity index (χ1) is 9.80. The summed E-state index contributed by atoms with van der Waals surface area (Å²) in [6.07, 6.45) is -4.91. The summed E-state index contributed by atoms with van der Waals surface area (Å²) >= 11 is 0. The Kier molecular flexibility index (Phi) is 3.80. The van der Waals surface area contributed by atoms with Crippen LogP contribution < -0.4 is 4.74 Å². The maximum absolute atomic E-state index is 13.7. The number of alkyl halides is 3. The van der Waals surface area contributed by atoms with Gasteiger partial charge in [-0.2, -0.15) is 5.26 Å². The van der Waals surface area contributed by atoms with Crippen molar-refractivity contribution >= 4 is 0 Å². The third kappa shape index (κ3) is 3.48. The van der Waals surface area contributed by atoms with Gasteiger partial charge in [0.1, 0.15) is 17.4 Å². The topological polar surface area (TPSA) is 33.0 Å². The molecule has 2 nitrogen and oxygen atoms in total. The van der Waals surface area contributed by atoms with Crippen molar-refractivity contribution in [2.24, 2.45) is 0 Å². The summed E-state index contributed by atoms with van der Waals surface area (Å²) in [6.45, 7) is 0. The Hall–Kier alpha value is -2.62. The van der Waals surface area contributed by atoms with E-state index in [4.69, 9.17) is 5.26 Å². The average Bonchev–Trinajstić information content (AvgIpc) is 2.37. The van der Waals surface area contributed by atoms with E-state index < -0.39 is 23.7 Å². The third-order valence-corrected chi connectivity index (χ3v) is 2.57. The van der Waals surface area contributed by atoms with Gasteiger partial charge < -0.3 is 4.74 Å². The van der Waals surface area contributed by atoms with Crippen molar-refractivity contribution in [1.82, 2.24) is 0 Å². The molecule has 0 unspecified atom stereocenters. The number of ether oxygens (including phenoxy) is 1. The van der Waals surface area contributed by atoms with Gasteiger partial charge in [0.05, 0.1) is 11.6 Å². The van der Waals surface area contributed by atoms with Crippen molar-refractivity contribution in [3.63, 3.8) is 0 Å². The standard InChI is InChI=1S/C14H6F5NO/c15-9-2-4-11(13(16)5-9)12-6-10(21-14(17,18)19)3-1-8(12)7-20/h1-6H. The fourth-order valence-corrected chi connectivity index (χ4v) is 1.75. The van der Waals surface area contributed by atoms with E-state index in [1.807, 2.05) is 0 Å². The van der Waals surface area contributed by atoms with Crippen LogP contribution in [0.1, 0.15) is 5.56 Å². The second-order valence-corrected chi connectivity index (χ2v) is 3.99. The van der Waals surface area contributed by atoms with Gasteiger partial charge in [0, 0.05) is 17.2 Å². The minimum absolute atomic E-state index is 0.0602. The lowest BCUT2D eigenvalue weighted by Crippen LogP contribution is -2.17. The van der Waals surface area contributed by atoms with E-state index >= 15 is 0 Å². The number of rotatable bonds is 2. The van der Waals surface area contributed by atoms with E-state index in [0.717, 1.165) is 30.3 Å². The number of hydrogen-bond acceptors (Lipinski definition) is 2. The predicted molar refractivity (Wildman–Crippen MR) is 63.2 cm³/mol. The molecule has 21 heavy (non-hydrogen) atoms. The van der Waals surface area contributed by atoms with Gasteiger partial charge in [-0.15, -0.1) is 13.2 Å². The van der Waals surface area contributed by atoms with E-state index in [1.54, 1.807) is 6.07 Å². The first-order valence-electron chi connectivity index (χ1n) is 5.55. The van der Waals surface area contributed by atoms with Crippen molar-refractivity contribution in [3.05, 3.63) is 53.6 Å². The van der Waals surface area contributed by atoms with Crippen LogP contribution >= 0.6 is 0 Å². The predicted octanol–water partition coefficient (Wildman–Crippen LogP) is 4.40. The molecule has 0 atom stereocenters. The average molecular weight is 299 g/mol. The molecule has 0 amide bonds. The molecule has 2 rings (SSSR count). The normalized spacial score (nSPS) is 11.0. The number of halogens is 5. The summed E-state index contributed by atoms with van der Waals surface area (Å²) in [5.41, 5.74) is -0.368. The van der Waals surface area contributed by atoms with Crippen molar-refractivity contribution in [3.8, 4) is 22.9 Å². The number of benzene rings is 2. The lowest BCUT2D eigenvalue weighted by Gasteiger charge is -2.12. The SMILES string of the molecule is N#Cc1ccc(OC(F)(F)F)cc1-c1ccc(F)cc1F. The molecule has 2 aromatic rings. The van der Waals surface area contributed by atoms with Crippen molar-refractivity contribution < 1.29 is 26.7 Å². The molecule has 0 radical (unpaired) electrons. The van der Waals surface area contributed by atoms with Crippen LogP contribution in [0.4, 0.5) is 22.0 Å². The van der Waals surface area contributed by atoms with Crippen LogP contribution in [0, 0.1) is 23.0 Å². The Morgan fingerprint density at radius 3 is 2.24 bits per heavy atom. The lowest BCUT2D eigenvalue weighted by molar-refractivity contribution is -0.274. The van der Waals surface area contributed by atoms with Gasteiger partial charge >= 0.3 is 6.36 Å². The van der Waals surface area contributed by atoms with Crippen LogP contribution in [0.3, 0.4) is 0 Å². The van der Waals surface area contributed by atoms with Crippen LogP contribution in [0.5, 0.6) is 5.75 Å². The Labute approximate surface area is 116 Å². The summed E-state index contributed by atoms with van der Waals surface area (Å²) in [5.74, 6) is -2.42. The maximum Gasteiger partial charge on any atom is 0.573 e. The first kappa shape index (κ1) is 14.8. The van der Waals surface area contributed by atoms with Crippen LogP contribution in [-0.4, -0.2) is 6.36 Å². The monoisotopic (exact) mass is 299 g/mol. The quantitative estimate of drug-likeness (QED) is 0.770. The molecule has 0 aliphatic heterocycles. The molecule has 7 heteroatoms. The van der Waals surface area contributed by atoms with Gasteiger partial charge in [-0.05, 0) is 30.3 Å². The Balaban J connectivity index is 2.55. The minimum Gasteiger partial charge on any atom is -0.406 e. The molecule has 0 heterocycles. The van der Waals surface area contributed by atoms with Gasteiger partial charge in [0.25, 0.3) is 0 Å². The van der Waals surface area contributed by atoms with E-state index in [1.165, 1.54) is 0 Å². The molecule has 108 valence electrons. The highest BCUT2D eigenvalue weighted by molar-refractivity contribution is 5.72. The summed E-state index contributed by atoms with van der Waals surface area (Å²) in [7, 11) is 0. The first-order valence-corrected chi connectivity index (χ1v) is 5.55. The van der Waals surface area contributed by atoms with Gasteiger partial charge in [0.15, 0.2) is 0 Å². The molecule has 0 N–H and O–H groups in total. The smallest absolute Gasteiger partial charge is 0.406 e. The van der Waals surface area contributed by atoms with Gasteiger partial charge in [-0.25, -0.2) is 8.78 Å². The third-order valence-electron chi connectivity index (χ3n) is 2.57. The molecule has 0 bridgehead atoms. The van der Waals surface area contributed by atoms with Crippen molar-refractivity contribution in [2.75, 3.05) is 0 Å². The fourth-order valence-electron chi connectivity index (χ4n) is 1.75. The Bertz CT molecular complexity index is 718. The van der Waals surface area contributed by atoms with Crippen molar-refractivity contribution in [1.29, 1.82) is 5.26 Å². The molecule has 0 aliphatic carbocycles. The zero-order valence-corrected chi connectivity index (χ0v) is 10.2. The van der Waals surface area contributed by atoms with E-state index in [9.17, 15) is 22.0 Å². The van der Waals surface area contributed by atoms with Gasteiger partial charge in [-0.1, -0.05) is 0 Å². The largest absolute Gasteiger partial charge is 0.573 e. The minimum atomic E-state index is -4.91. The molecule has 0 spiro atoms. The summed E-state index contributed by atoms with van der Waals surface area (Å²) in [5, 5.41) is 8.94. The molecule has 0 aromatic heterocycles. The Morgan fingerprint density at radius 1 is 0.952 bits per heavy atom. The lowest BCUT2D eigenvalue weighted by atomic mass is 9.99. The second kappa shape index (κ2) is 5.40. The highest BCUT2D eigenvalue weighted by atomic mass is 19.4. The van der Waals surface area contributed by atoms with E-state index in [0.29, 0.717) is 6.07 Å². The number of hydrogen-bond donors (Lipinski definition) is 0. The molecule has 0 saturated heterocycles.